The Bertz CT molecular complexity index is 285. The molecule has 0 unspecified atom stereocenters. The molecular formula is C17H34N2O. The topological polar surface area (TPSA) is 24.5 Å². The van der Waals surface area contributed by atoms with Crippen LogP contribution in [-0.2, 0) is 4.74 Å². The van der Waals surface area contributed by atoms with Crippen molar-refractivity contribution in [3.63, 3.8) is 0 Å². The molecule has 20 heavy (non-hydrogen) atoms. The van der Waals surface area contributed by atoms with E-state index in [1.54, 1.807) is 0 Å². The Morgan fingerprint density at radius 3 is 2.60 bits per heavy atom. The molecule has 0 amide bonds. The van der Waals surface area contributed by atoms with Gasteiger partial charge in [-0.3, -0.25) is 0 Å². The molecular weight excluding hydrogens is 248 g/mol. The van der Waals surface area contributed by atoms with Gasteiger partial charge in [-0.2, -0.15) is 0 Å². The largest absolute Gasteiger partial charge is 0.385 e. The Hall–Kier alpha value is -0.120. The maximum Gasteiger partial charge on any atom is 0.0467 e. The molecule has 1 spiro atoms. The van der Waals surface area contributed by atoms with Gasteiger partial charge in [0.15, 0.2) is 0 Å². The summed E-state index contributed by atoms with van der Waals surface area (Å²) >= 11 is 0. The molecule has 2 rings (SSSR count). The Morgan fingerprint density at radius 2 is 1.90 bits per heavy atom. The fourth-order valence-electron chi connectivity index (χ4n) is 3.98. The van der Waals surface area contributed by atoms with Crippen molar-refractivity contribution in [3.05, 3.63) is 0 Å². The second-order valence-electron chi connectivity index (χ2n) is 7.74. The third-order valence-corrected chi connectivity index (χ3v) is 5.12. The van der Waals surface area contributed by atoms with Crippen molar-refractivity contribution in [2.75, 3.05) is 39.9 Å². The quantitative estimate of drug-likeness (QED) is 0.839. The van der Waals surface area contributed by atoms with Crippen LogP contribution in [-0.4, -0.2) is 50.3 Å². The minimum absolute atomic E-state index is 0.357. The zero-order chi connectivity index (χ0) is 14.5. The molecule has 1 N–H and O–H groups in total. The molecule has 1 aliphatic heterocycles. The number of methoxy groups -OCH3 is 1. The highest BCUT2D eigenvalue weighted by Gasteiger charge is 2.36. The van der Waals surface area contributed by atoms with E-state index >= 15 is 0 Å². The van der Waals surface area contributed by atoms with E-state index in [1.165, 1.54) is 64.7 Å². The van der Waals surface area contributed by atoms with E-state index in [-0.39, 0.29) is 0 Å². The van der Waals surface area contributed by atoms with Crippen LogP contribution < -0.4 is 5.32 Å². The molecule has 3 nitrogen and oxygen atoms in total. The molecule has 2 aliphatic rings. The number of nitrogens with one attached hydrogen (secondary N) is 1. The first-order valence-electron chi connectivity index (χ1n) is 8.52. The zero-order valence-electron chi connectivity index (χ0n) is 13.8. The molecule has 3 heteroatoms. The fraction of sp³-hybridized carbons (Fsp3) is 1.00. The summed E-state index contributed by atoms with van der Waals surface area (Å²) in [5, 5.41) is 3.89. The summed E-state index contributed by atoms with van der Waals surface area (Å²) in [5.74, 6) is 0. The summed E-state index contributed by atoms with van der Waals surface area (Å²) in [6, 6.07) is 0. The Balaban J connectivity index is 1.92. The zero-order valence-corrected chi connectivity index (χ0v) is 13.8. The first-order chi connectivity index (χ1) is 9.55. The van der Waals surface area contributed by atoms with Gasteiger partial charge >= 0.3 is 0 Å². The number of rotatable bonds is 5. The molecule has 0 aromatic heterocycles. The van der Waals surface area contributed by atoms with Gasteiger partial charge in [0.25, 0.3) is 0 Å². The fourth-order valence-corrected chi connectivity index (χ4v) is 3.98. The summed E-state index contributed by atoms with van der Waals surface area (Å²) in [5.41, 5.74) is 0.780. The standard InChI is InChI=1S/C17H34N2O/c1-16(2,10-13-20-3)14-19-12-7-11-18-17(15-19)8-5-4-6-9-17/h18H,4-15H2,1-3H3. The van der Waals surface area contributed by atoms with Crippen molar-refractivity contribution in [2.24, 2.45) is 5.41 Å². The predicted molar refractivity (Wildman–Crippen MR) is 85.1 cm³/mol. The lowest BCUT2D eigenvalue weighted by Crippen LogP contribution is -2.53. The van der Waals surface area contributed by atoms with Crippen molar-refractivity contribution in [2.45, 2.75) is 64.3 Å². The molecule has 0 bridgehead atoms. The van der Waals surface area contributed by atoms with Gasteiger partial charge < -0.3 is 15.0 Å². The van der Waals surface area contributed by atoms with E-state index in [2.05, 4.69) is 24.1 Å². The third-order valence-electron chi connectivity index (χ3n) is 5.12. The number of hydrogen-bond acceptors (Lipinski definition) is 3. The lowest BCUT2D eigenvalue weighted by atomic mass is 9.80. The van der Waals surface area contributed by atoms with Gasteiger partial charge in [-0.1, -0.05) is 33.1 Å². The Kier molecular flexibility index (Phi) is 5.88. The van der Waals surface area contributed by atoms with Gasteiger partial charge in [0, 0.05) is 32.3 Å². The van der Waals surface area contributed by atoms with Crippen LogP contribution in [0.15, 0.2) is 0 Å². The molecule has 0 aromatic carbocycles. The van der Waals surface area contributed by atoms with Gasteiger partial charge in [-0.05, 0) is 44.2 Å². The third kappa shape index (κ3) is 4.71. The van der Waals surface area contributed by atoms with E-state index in [1.807, 2.05) is 7.11 Å². The van der Waals surface area contributed by atoms with Crippen LogP contribution in [0, 0.1) is 5.41 Å². The first-order valence-corrected chi connectivity index (χ1v) is 8.52. The van der Waals surface area contributed by atoms with Crippen LogP contribution in [0.25, 0.3) is 0 Å². The van der Waals surface area contributed by atoms with E-state index < -0.39 is 0 Å². The normalized spacial score (nSPS) is 24.8. The average Bonchev–Trinajstić information content (AvgIpc) is 2.59. The van der Waals surface area contributed by atoms with Crippen molar-refractivity contribution in [1.82, 2.24) is 10.2 Å². The molecule has 1 saturated heterocycles. The number of hydrogen-bond donors (Lipinski definition) is 1. The van der Waals surface area contributed by atoms with E-state index in [9.17, 15) is 0 Å². The lowest BCUT2D eigenvalue weighted by molar-refractivity contribution is 0.0957. The highest BCUT2D eigenvalue weighted by molar-refractivity contribution is 4.96. The van der Waals surface area contributed by atoms with Crippen molar-refractivity contribution in [1.29, 1.82) is 0 Å². The van der Waals surface area contributed by atoms with Crippen LogP contribution in [0.3, 0.4) is 0 Å². The monoisotopic (exact) mass is 282 g/mol. The van der Waals surface area contributed by atoms with Gasteiger partial charge in [-0.25, -0.2) is 0 Å². The van der Waals surface area contributed by atoms with Gasteiger partial charge in [0.05, 0.1) is 0 Å². The SMILES string of the molecule is COCCC(C)(C)CN1CCCNC2(CCCCC2)C1. The lowest BCUT2D eigenvalue weighted by Gasteiger charge is -2.42. The van der Waals surface area contributed by atoms with Crippen LogP contribution in [0.2, 0.25) is 0 Å². The molecule has 1 aliphatic carbocycles. The summed E-state index contributed by atoms with van der Waals surface area (Å²) in [4.78, 5) is 2.72. The molecule has 118 valence electrons. The van der Waals surface area contributed by atoms with E-state index in [4.69, 9.17) is 4.74 Å². The van der Waals surface area contributed by atoms with Crippen molar-refractivity contribution in [3.8, 4) is 0 Å². The summed E-state index contributed by atoms with van der Waals surface area (Å²) in [6.45, 7) is 10.6. The minimum atomic E-state index is 0.357. The summed E-state index contributed by atoms with van der Waals surface area (Å²) in [7, 11) is 1.81. The molecule has 2 fully saturated rings. The minimum Gasteiger partial charge on any atom is -0.385 e. The van der Waals surface area contributed by atoms with E-state index in [0.717, 1.165) is 13.0 Å². The van der Waals surface area contributed by atoms with Gasteiger partial charge in [0.1, 0.15) is 0 Å². The van der Waals surface area contributed by atoms with Crippen molar-refractivity contribution < 1.29 is 4.74 Å². The van der Waals surface area contributed by atoms with Crippen molar-refractivity contribution >= 4 is 0 Å². The summed E-state index contributed by atoms with van der Waals surface area (Å²) < 4.78 is 5.27. The Morgan fingerprint density at radius 1 is 1.15 bits per heavy atom. The van der Waals surface area contributed by atoms with Crippen LogP contribution in [0.1, 0.15) is 58.8 Å². The average molecular weight is 282 g/mol. The van der Waals surface area contributed by atoms with Crippen LogP contribution in [0.4, 0.5) is 0 Å². The molecule has 0 atom stereocenters. The van der Waals surface area contributed by atoms with Crippen LogP contribution in [0.5, 0.6) is 0 Å². The maximum atomic E-state index is 5.27. The molecule has 1 saturated carbocycles. The van der Waals surface area contributed by atoms with E-state index in [0.29, 0.717) is 11.0 Å². The molecule has 0 radical (unpaired) electrons. The smallest absolute Gasteiger partial charge is 0.0467 e. The highest BCUT2D eigenvalue weighted by atomic mass is 16.5. The second kappa shape index (κ2) is 7.24. The Labute approximate surface area is 125 Å². The summed E-state index contributed by atoms with van der Waals surface area (Å²) in [6.07, 6.45) is 9.46. The predicted octanol–water partition coefficient (Wildman–Crippen LogP) is 3.05. The molecule has 0 aromatic rings. The maximum absolute atomic E-state index is 5.27. The first kappa shape index (κ1) is 16.3. The highest BCUT2D eigenvalue weighted by Crippen LogP contribution is 2.32. The molecule has 1 heterocycles. The number of nitrogens with zero attached hydrogens (tertiary/aromatic N) is 1. The number of ether oxygens (including phenoxy) is 1. The van der Waals surface area contributed by atoms with Crippen LogP contribution >= 0.6 is 0 Å². The van der Waals surface area contributed by atoms with Gasteiger partial charge in [0.2, 0.25) is 0 Å². The second-order valence-corrected chi connectivity index (χ2v) is 7.74. The van der Waals surface area contributed by atoms with Gasteiger partial charge in [-0.15, -0.1) is 0 Å².